The van der Waals surface area contributed by atoms with Crippen molar-refractivity contribution in [1.82, 2.24) is 9.13 Å². The molecule has 0 radical (unpaired) electrons. The van der Waals surface area contributed by atoms with Crippen LogP contribution in [0.1, 0.15) is 12.5 Å². The van der Waals surface area contributed by atoms with E-state index >= 15 is 0 Å². The maximum Gasteiger partial charge on any atom is 0.329 e. The average Bonchev–Trinajstić information content (AvgIpc) is 2.74. The maximum atomic E-state index is 12.6. The van der Waals surface area contributed by atoms with Crippen LogP contribution in [-0.4, -0.2) is 9.13 Å². The van der Waals surface area contributed by atoms with Crippen molar-refractivity contribution in [2.45, 2.75) is 20.0 Å². The standard InChI is InChI=1S/C16H14Cl2N2O/c1-2-19-14-5-3-4-6-15(14)20(16(19)21)10-11-7-8-12(17)9-13(11)18/h3-9H,2,10H2,1H3. The van der Waals surface area contributed by atoms with Gasteiger partial charge in [0.05, 0.1) is 17.6 Å². The first-order chi connectivity index (χ1) is 10.1. The van der Waals surface area contributed by atoms with Crippen LogP contribution in [0.2, 0.25) is 10.0 Å². The van der Waals surface area contributed by atoms with E-state index in [1.165, 1.54) is 0 Å². The molecule has 0 unspecified atom stereocenters. The quantitative estimate of drug-likeness (QED) is 0.711. The summed E-state index contributed by atoms with van der Waals surface area (Å²) in [6, 6.07) is 13.1. The number of rotatable bonds is 3. The van der Waals surface area contributed by atoms with E-state index in [1.54, 1.807) is 21.3 Å². The van der Waals surface area contributed by atoms with Gasteiger partial charge in [-0.15, -0.1) is 0 Å². The van der Waals surface area contributed by atoms with E-state index in [4.69, 9.17) is 23.2 Å². The highest BCUT2D eigenvalue weighted by molar-refractivity contribution is 6.35. The molecule has 0 fully saturated rings. The molecule has 0 amide bonds. The first kappa shape index (κ1) is 14.2. The number of nitrogens with zero attached hydrogens (tertiary/aromatic N) is 2. The monoisotopic (exact) mass is 320 g/mol. The van der Waals surface area contributed by atoms with E-state index in [1.807, 2.05) is 37.3 Å². The van der Waals surface area contributed by atoms with Crippen molar-refractivity contribution in [3.63, 3.8) is 0 Å². The number of benzene rings is 2. The van der Waals surface area contributed by atoms with Crippen LogP contribution in [0.4, 0.5) is 0 Å². The summed E-state index contributed by atoms with van der Waals surface area (Å²) in [5, 5.41) is 1.16. The Bertz CT molecular complexity index is 864. The Balaban J connectivity index is 2.17. The second kappa shape index (κ2) is 5.58. The van der Waals surface area contributed by atoms with Crippen molar-refractivity contribution in [2.24, 2.45) is 0 Å². The molecule has 3 rings (SSSR count). The Labute approximate surface area is 132 Å². The van der Waals surface area contributed by atoms with E-state index in [9.17, 15) is 4.79 Å². The number of hydrogen-bond acceptors (Lipinski definition) is 1. The average molecular weight is 321 g/mol. The molecule has 0 saturated carbocycles. The minimum atomic E-state index is -0.0234. The highest BCUT2D eigenvalue weighted by atomic mass is 35.5. The van der Waals surface area contributed by atoms with Gasteiger partial charge in [-0.05, 0) is 36.8 Å². The largest absolute Gasteiger partial charge is 0.329 e. The highest BCUT2D eigenvalue weighted by Crippen LogP contribution is 2.23. The Hall–Kier alpha value is -1.71. The van der Waals surface area contributed by atoms with Gasteiger partial charge in [0.25, 0.3) is 0 Å². The molecule has 0 spiro atoms. The van der Waals surface area contributed by atoms with Gasteiger partial charge in [0.2, 0.25) is 0 Å². The summed E-state index contributed by atoms with van der Waals surface area (Å²) in [7, 11) is 0. The van der Waals surface area contributed by atoms with Gasteiger partial charge in [0.1, 0.15) is 0 Å². The number of fused-ring (bicyclic) bond motifs is 1. The predicted molar refractivity (Wildman–Crippen MR) is 87.4 cm³/mol. The van der Waals surface area contributed by atoms with E-state index < -0.39 is 0 Å². The number of aryl methyl sites for hydroxylation is 1. The minimum absolute atomic E-state index is 0.0234. The summed E-state index contributed by atoms with van der Waals surface area (Å²) in [6.45, 7) is 3.04. The SMILES string of the molecule is CCn1c(=O)n(Cc2ccc(Cl)cc2Cl)c2ccccc21. The second-order valence-corrected chi connectivity index (χ2v) is 5.68. The molecule has 0 aliphatic rings. The minimum Gasteiger partial charge on any atom is -0.292 e. The van der Waals surface area contributed by atoms with Gasteiger partial charge >= 0.3 is 5.69 Å². The van der Waals surface area contributed by atoms with Crippen LogP contribution in [-0.2, 0) is 13.1 Å². The van der Waals surface area contributed by atoms with Crippen molar-refractivity contribution in [2.75, 3.05) is 0 Å². The lowest BCUT2D eigenvalue weighted by Crippen LogP contribution is -2.24. The second-order valence-electron chi connectivity index (χ2n) is 4.84. The molecule has 3 nitrogen and oxygen atoms in total. The fraction of sp³-hybridized carbons (Fsp3) is 0.188. The van der Waals surface area contributed by atoms with Gasteiger partial charge in [-0.25, -0.2) is 4.79 Å². The molecular formula is C16H14Cl2N2O. The molecule has 1 heterocycles. The zero-order valence-corrected chi connectivity index (χ0v) is 13.0. The molecule has 0 N–H and O–H groups in total. The van der Waals surface area contributed by atoms with Crippen LogP contribution >= 0.6 is 23.2 Å². The molecule has 0 atom stereocenters. The van der Waals surface area contributed by atoms with Crippen LogP contribution in [0.25, 0.3) is 11.0 Å². The molecule has 2 aromatic carbocycles. The summed E-state index contributed by atoms with van der Waals surface area (Å²) in [5.74, 6) is 0. The zero-order chi connectivity index (χ0) is 15.0. The van der Waals surface area contributed by atoms with Crippen LogP contribution in [0.5, 0.6) is 0 Å². The maximum absolute atomic E-state index is 12.6. The normalized spacial score (nSPS) is 11.2. The molecule has 108 valence electrons. The van der Waals surface area contributed by atoms with Crippen LogP contribution in [0.3, 0.4) is 0 Å². The zero-order valence-electron chi connectivity index (χ0n) is 11.5. The van der Waals surface area contributed by atoms with Crippen molar-refractivity contribution in [3.05, 3.63) is 68.6 Å². The van der Waals surface area contributed by atoms with Gasteiger partial charge in [0, 0.05) is 16.6 Å². The summed E-state index contributed by atoms with van der Waals surface area (Å²) in [6.07, 6.45) is 0. The topological polar surface area (TPSA) is 26.9 Å². The van der Waals surface area contributed by atoms with Crippen LogP contribution in [0.15, 0.2) is 47.3 Å². The Morgan fingerprint density at radius 2 is 1.67 bits per heavy atom. The van der Waals surface area contributed by atoms with Crippen LogP contribution < -0.4 is 5.69 Å². The van der Waals surface area contributed by atoms with Crippen LogP contribution in [0, 0.1) is 0 Å². The van der Waals surface area contributed by atoms with E-state index in [-0.39, 0.29) is 5.69 Å². The number of hydrogen-bond donors (Lipinski definition) is 0. The van der Waals surface area contributed by atoms with Crippen molar-refractivity contribution < 1.29 is 0 Å². The molecule has 0 aliphatic heterocycles. The molecule has 21 heavy (non-hydrogen) atoms. The first-order valence-corrected chi connectivity index (χ1v) is 7.49. The van der Waals surface area contributed by atoms with Gasteiger partial charge in [-0.3, -0.25) is 9.13 Å². The lowest BCUT2D eigenvalue weighted by molar-refractivity contribution is 0.684. The molecule has 1 aromatic heterocycles. The number of para-hydroxylation sites is 2. The summed E-state index contributed by atoms with van der Waals surface area (Å²) < 4.78 is 3.51. The molecule has 0 saturated heterocycles. The third kappa shape index (κ3) is 2.47. The fourth-order valence-corrected chi connectivity index (χ4v) is 3.02. The summed E-state index contributed by atoms with van der Waals surface area (Å²) in [5.41, 5.74) is 2.71. The molecular weight excluding hydrogens is 307 g/mol. The van der Waals surface area contributed by atoms with Gasteiger partial charge in [0.15, 0.2) is 0 Å². The number of halogens is 2. The fourth-order valence-electron chi connectivity index (χ4n) is 2.55. The highest BCUT2D eigenvalue weighted by Gasteiger charge is 2.13. The van der Waals surface area contributed by atoms with Crippen molar-refractivity contribution >= 4 is 34.2 Å². The van der Waals surface area contributed by atoms with Gasteiger partial charge < -0.3 is 0 Å². The predicted octanol–water partition coefficient (Wildman–Crippen LogP) is 4.18. The number of aromatic nitrogens is 2. The Morgan fingerprint density at radius 3 is 2.29 bits per heavy atom. The first-order valence-electron chi connectivity index (χ1n) is 6.74. The Kier molecular flexibility index (Phi) is 3.79. The lowest BCUT2D eigenvalue weighted by atomic mass is 10.2. The van der Waals surface area contributed by atoms with E-state index in [0.717, 1.165) is 16.6 Å². The third-order valence-corrected chi connectivity index (χ3v) is 4.17. The van der Waals surface area contributed by atoms with E-state index in [0.29, 0.717) is 23.1 Å². The Morgan fingerprint density at radius 1 is 1.00 bits per heavy atom. The molecule has 5 heteroatoms. The van der Waals surface area contributed by atoms with Gasteiger partial charge in [-0.1, -0.05) is 41.4 Å². The lowest BCUT2D eigenvalue weighted by Gasteiger charge is -2.06. The van der Waals surface area contributed by atoms with E-state index in [2.05, 4.69) is 0 Å². The van der Waals surface area contributed by atoms with Gasteiger partial charge in [-0.2, -0.15) is 0 Å². The smallest absolute Gasteiger partial charge is 0.292 e. The molecule has 0 aliphatic carbocycles. The van der Waals surface area contributed by atoms with Crippen molar-refractivity contribution in [3.8, 4) is 0 Å². The summed E-state index contributed by atoms with van der Waals surface area (Å²) >= 11 is 12.1. The molecule has 0 bridgehead atoms. The molecule has 3 aromatic rings. The van der Waals surface area contributed by atoms with Crippen molar-refractivity contribution in [1.29, 1.82) is 0 Å². The third-order valence-electron chi connectivity index (χ3n) is 3.58. The number of imidazole rings is 1. The summed E-state index contributed by atoms with van der Waals surface area (Å²) in [4.78, 5) is 12.6.